The van der Waals surface area contributed by atoms with Gasteiger partial charge in [0.15, 0.2) is 0 Å². The predicted molar refractivity (Wildman–Crippen MR) is 81.7 cm³/mol. The minimum absolute atomic E-state index is 0.238. The van der Waals surface area contributed by atoms with Crippen molar-refractivity contribution in [3.05, 3.63) is 70.8 Å². The molecule has 0 aromatic heterocycles. The minimum Gasteiger partial charge on any atom is -0.0620 e. The van der Waals surface area contributed by atoms with Crippen LogP contribution in [0.4, 0.5) is 0 Å². The van der Waals surface area contributed by atoms with Crippen LogP contribution in [0.15, 0.2) is 48.5 Å². The summed E-state index contributed by atoms with van der Waals surface area (Å²) in [5, 5.41) is 0. The summed E-state index contributed by atoms with van der Waals surface area (Å²) in [6.07, 6.45) is 2.40. The van der Waals surface area contributed by atoms with E-state index in [4.69, 9.17) is 0 Å². The molecule has 0 heterocycles. The predicted octanol–water partition coefficient (Wildman–Crippen LogP) is 4.87. The third-order valence-corrected chi connectivity index (χ3v) is 4.28. The van der Waals surface area contributed by atoms with E-state index in [1.807, 2.05) is 0 Å². The molecule has 2 aromatic rings. The number of rotatable bonds is 1. The lowest BCUT2D eigenvalue weighted by Crippen LogP contribution is -2.12. The van der Waals surface area contributed by atoms with E-state index in [1.165, 1.54) is 35.1 Å². The average molecular weight is 250 g/mol. The van der Waals surface area contributed by atoms with E-state index in [0.29, 0.717) is 5.92 Å². The second-order valence-corrected chi connectivity index (χ2v) is 6.75. The van der Waals surface area contributed by atoms with E-state index >= 15 is 0 Å². The largest absolute Gasteiger partial charge is 0.0620 e. The van der Waals surface area contributed by atoms with Gasteiger partial charge < -0.3 is 0 Å². The maximum Gasteiger partial charge on any atom is -0.00807 e. The summed E-state index contributed by atoms with van der Waals surface area (Å²) in [5.74, 6) is 0.666. The zero-order valence-electron chi connectivity index (χ0n) is 12.1. The van der Waals surface area contributed by atoms with E-state index in [9.17, 15) is 0 Å². The average Bonchev–Trinajstić information content (AvgIpc) is 2.81. The highest BCUT2D eigenvalue weighted by molar-refractivity contribution is 5.39. The van der Waals surface area contributed by atoms with E-state index in [2.05, 4.69) is 69.3 Å². The van der Waals surface area contributed by atoms with Crippen molar-refractivity contribution in [3.8, 4) is 0 Å². The monoisotopic (exact) mass is 250 g/mol. The van der Waals surface area contributed by atoms with Gasteiger partial charge in [-0.1, -0.05) is 69.3 Å². The lowest BCUT2D eigenvalue weighted by atomic mass is 9.84. The van der Waals surface area contributed by atoms with Crippen LogP contribution in [0.5, 0.6) is 0 Å². The molecule has 0 heteroatoms. The molecule has 0 aliphatic heterocycles. The maximum atomic E-state index is 2.41. The molecule has 0 saturated heterocycles. The van der Waals surface area contributed by atoms with Crippen LogP contribution in [-0.4, -0.2) is 0 Å². The summed E-state index contributed by atoms with van der Waals surface area (Å²) in [4.78, 5) is 0. The fourth-order valence-electron chi connectivity index (χ4n) is 3.05. The highest BCUT2D eigenvalue weighted by Crippen LogP contribution is 2.35. The summed E-state index contributed by atoms with van der Waals surface area (Å²) in [7, 11) is 0. The van der Waals surface area contributed by atoms with Crippen molar-refractivity contribution in [3.63, 3.8) is 0 Å². The molecular formula is C19H22. The van der Waals surface area contributed by atoms with Crippen LogP contribution >= 0.6 is 0 Å². The number of benzene rings is 2. The summed E-state index contributed by atoms with van der Waals surface area (Å²) in [6.45, 7) is 6.86. The zero-order chi connectivity index (χ0) is 13.5. The molecule has 0 fully saturated rings. The first-order chi connectivity index (χ1) is 9.04. The van der Waals surface area contributed by atoms with Gasteiger partial charge in [-0.05, 0) is 46.4 Å². The van der Waals surface area contributed by atoms with Crippen molar-refractivity contribution in [1.82, 2.24) is 0 Å². The summed E-state index contributed by atoms with van der Waals surface area (Å²) < 4.78 is 0. The van der Waals surface area contributed by atoms with Gasteiger partial charge in [0, 0.05) is 0 Å². The summed E-state index contributed by atoms with van der Waals surface area (Å²) in [6, 6.07) is 18.1. The lowest BCUT2D eigenvalue weighted by Gasteiger charge is -2.21. The Morgan fingerprint density at radius 2 is 1.47 bits per heavy atom. The van der Waals surface area contributed by atoms with Crippen LogP contribution < -0.4 is 0 Å². The fourth-order valence-corrected chi connectivity index (χ4v) is 3.05. The van der Waals surface area contributed by atoms with Crippen LogP contribution in [0.25, 0.3) is 0 Å². The molecule has 0 radical (unpaired) electrons. The Balaban J connectivity index is 1.90. The molecule has 0 spiro atoms. The molecule has 1 aliphatic rings. The molecule has 0 nitrogen and oxygen atoms in total. The molecule has 0 N–H and O–H groups in total. The molecule has 0 atom stereocenters. The molecule has 0 bridgehead atoms. The van der Waals surface area contributed by atoms with Crippen LogP contribution in [-0.2, 0) is 18.3 Å². The molecule has 0 saturated carbocycles. The minimum atomic E-state index is 0.238. The maximum absolute atomic E-state index is 2.41. The summed E-state index contributed by atoms with van der Waals surface area (Å²) >= 11 is 0. The van der Waals surface area contributed by atoms with Gasteiger partial charge in [-0.3, -0.25) is 0 Å². The van der Waals surface area contributed by atoms with Crippen LogP contribution in [0, 0.1) is 0 Å². The van der Waals surface area contributed by atoms with Gasteiger partial charge in [-0.15, -0.1) is 0 Å². The lowest BCUT2D eigenvalue weighted by molar-refractivity contribution is 0.587. The van der Waals surface area contributed by atoms with Crippen LogP contribution in [0.1, 0.15) is 48.9 Å². The molecule has 2 aromatic carbocycles. The van der Waals surface area contributed by atoms with Gasteiger partial charge in [0.2, 0.25) is 0 Å². The fraction of sp³-hybridized carbons (Fsp3) is 0.368. The van der Waals surface area contributed by atoms with Gasteiger partial charge in [0.1, 0.15) is 0 Å². The highest BCUT2D eigenvalue weighted by atomic mass is 14.3. The van der Waals surface area contributed by atoms with E-state index in [0.717, 1.165) is 0 Å². The Kier molecular flexibility index (Phi) is 2.97. The topological polar surface area (TPSA) is 0 Å². The first-order valence-corrected chi connectivity index (χ1v) is 7.21. The third-order valence-electron chi connectivity index (χ3n) is 4.28. The third kappa shape index (κ3) is 2.45. The zero-order valence-corrected chi connectivity index (χ0v) is 12.1. The van der Waals surface area contributed by atoms with Crippen molar-refractivity contribution in [2.24, 2.45) is 0 Å². The van der Waals surface area contributed by atoms with Crippen molar-refractivity contribution in [1.29, 1.82) is 0 Å². The Morgan fingerprint density at radius 1 is 0.842 bits per heavy atom. The standard InChI is InChI=1S/C19H22/c1-19(2,3)18-10-6-9-16(13-18)17-11-14-7-4-5-8-15(14)12-17/h4-10,13,17H,11-12H2,1-3H3. The Morgan fingerprint density at radius 3 is 2.05 bits per heavy atom. The van der Waals surface area contributed by atoms with Crippen molar-refractivity contribution < 1.29 is 0 Å². The van der Waals surface area contributed by atoms with Crippen molar-refractivity contribution in [2.45, 2.75) is 44.9 Å². The highest BCUT2D eigenvalue weighted by Gasteiger charge is 2.23. The Labute approximate surface area is 116 Å². The first kappa shape index (κ1) is 12.5. The smallest absolute Gasteiger partial charge is 0.00807 e. The number of fused-ring (bicyclic) bond motifs is 1. The van der Waals surface area contributed by atoms with Gasteiger partial charge in [0.25, 0.3) is 0 Å². The van der Waals surface area contributed by atoms with Crippen LogP contribution in [0.3, 0.4) is 0 Å². The molecule has 98 valence electrons. The quantitative estimate of drug-likeness (QED) is 0.677. The van der Waals surface area contributed by atoms with E-state index in [1.54, 1.807) is 0 Å². The molecule has 19 heavy (non-hydrogen) atoms. The van der Waals surface area contributed by atoms with E-state index in [-0.39, 0.29) is 5.41 Å². The van der Waals surface area contributed by atoms with Crippen molar-refractivity contribution in [2.75, 3.05) is 0 Å². The Hall–Kier alpha value is -1.56. The molecule has 0 unspecified atom stereocenters. The van der Waals surface area contributed by atoms with Gasteiger partial charge in [0.05, 0.1) is 0 Å². The SMILES string of the molecule is CC(C)(C)c1cccc(C2Cc3ccccc3C2)c1. The number of hydrogen-bond donors (Lipinski definition) is 0. The van der Waals surface area contributed by atoms with Crippen LogP contribution in [0.2, 0.25) is 0 Å². The normalized spacial score (nSPS) is 15.5. The van der Waals surface area contributed by atoms with Gasteiger partial charge >= 0.3 is 0 Å². The molecule has 0 amide bonds. The summed E-state index contributed by atoms with van der Waals surface area (Å²) in [5.41, 5.74) is 6.26. The van der Waals surface area contributed by atoms with Gasteiger partial charge in [-0.2, -0.15) is 0 Å². The Bertz CT molecular complexity index is 562. The molecular weight excluding hydrogens is 228 g/mol. The second-order valence-electron chi connectivity index (χ2n) is 6.75. The first-order valence-electron chi connectivity index (χ1n) is 7.21. The molecule has 1 aliphatic carbocycles. The second kappa shape index (κ2) is 4.52. The van der Waals surface area contributed by atoms with Crippen molar-refractivity contribution >= 4 is 0 Å². The molecule has 3 rings (SSSR count). The van der Waals surface area contributed by atoms with E-state index < -0.39 is 0 Å². The van der Waals surface area contributed by atoms with Gasteiger partial charge in [-0.25, -0.2) is 0 Å². The number of hydrogen-bond acceptors (Lipinski definition) is 0.